The quantitative estimate of drug-likeness (QED) is 0.706. The fourth-order valence-corrected chi connectivity index (χ4v) is 3.45. The molecule has 0 aromatic heterocycles. The molecule has 4 rings (SSSR count). The lowest BCUT2D eigenvalue weighted by Crippen LogP contribution is -2.25. The number of fused-ring (bicyclic) bond motifs is 1. The first kappa shape index (κ1) is 18.7. The average molecular weight is 386 g/mol. The van der Waals surface area contributed by atoms with E-state index in [2.05, 4.69) is 5.32 Å². The lowest BCUT2D eigenvalue weighted by atomic mass is 10.1. The SMILES string of the molecule is CC(=O)N1CCc2cc(NC(=O)c3ccc(COc4ccccc4)cc3)ccc21. The number of anilines is 2. The van der Waals surface area contributed by atoms with Crippen molar-refractivity contribution in [3.63, 3.8) is 0 Å². The molecule has 0 saturated heterocycles. The number of amides is 2. The second kappa shape index (κ2) is 8.19. The number of ether oxygens (including phenoxy) is 1. The summed E-state index contributed by atoms with van der Waals surface area (Å²) in [5.74, 6) is 0.688. The van der Waals surface area contributed by atoms with Crippen LogP contribution in [0.1, 0.15) is 28.4 Å². The van der Waals surface area contributed by atoms with Crippen LogP contribution in [0.3, 0.4) is 0 Å². The number of hydrogen-bond acceptors (Lipinski definition) is 3. The van der Waals surface area contributed by atoms with Gasteiger partial charge in [-0.1, -0.05) is 30.3 Å². The predicted molar refractivity (Wildman–Crippen MR) is 113 cm³/mol. The maximum Gasteiger partial charge on any atom is 0.255 e. The lowest BCUT2D eigenvalue weighted by Gasteiger charge is -2.15. The number of para-hydroxylation sites is 1. The molecular formula is C24H22N2O3. The van der Waals surface area contributed by atoms with Gasteiger partial charge in [0.1, 0.15) is 12.4 Å². The summed E-state index contributed by atoms with van der Waals surface area (Å²) in [7, 11) is 0. The molecule has 2 amide bonds. The first-order chi connectivity index (χ1) is 14.1. The number of nitrogens with zero attached hydrogens (tertiary/aromatic N) is 1. The molecule has 0 atom stereocenters. The summed E-state index contributed by atoms with van der Waals surface area (Å²) in [6.45, 7) is 2.71. The molecule has 0 unspecified atom stereocenters. The predicted octanol–water partition coefficient (Wildman–Crippen LogP) is 4.43. The monoisotopic (exact) mass is 386 g/mol. The van der Waals surface area contributed by atoms with Crippen LogP contribution >= 0.6 is 0 Å². The molecule has 29 heavy (non-hydrogen) atoms. The smallest absolute Gasteiger partial charge is 0.255 e. The second-order valence-corrected chi connectivity index (χ2v) is 7.02. The van der Waals surface area contributed by atoms with Gasteiger partial charge in [-0.15, -0.1) is 0 Å². The Morgan fingerprint density at radius 2 is 1.76 bits per heavy atom. The fraction of sp³-hybridized carbons (Fsp3) is 0.167. The highest BCUT2D eigenvalue weighted by Crippen LogP contribution is 2.30. The topological polar surface area (TPSA) is 58.6 Å². The van der Waals surface area contributed by atoms with E-state index in [4.69, 9.17) is 4.74 Å². The van der Waals surface area contributed by atoms with Crippen LogP contribution in [0.5, 0.6) is 5.75 Å². The van der Waals surface area contributed by atoms with Crippen molar-refractivity contribution in [1.29, 1.82) is 0 Å². The Bertz CT molecular complexity index is 1030. The highest BCUT2D eigenvalue weighted by molar-refractivity contribution is 6.04. The van der Waals surface area contributed by atoms with Crippen molar-refractivity contribution in [2.45, 2.75) is 20.0 Å². The zero-order valence-electron chi connectivity index (χ0n) is 16.2. The van der Waals surface area contributed by atoms with Crippen LogP contribution in [-0.2, 0) is 17.8 Å². The number of nitrogens with one attached hydrogen (secondary N) is 1. The Morgan fingerprint density at radius 1 is 1.00 bits per heavy atom. The molecule has 1 heterocycles. The van der Waals surface area contributed by atoms with E-state index < -0.39 is 0 Å². The fourth-order valence-electron chi connectivity index (χ4n) is 3.45. The number of hydrogen-bond donors (Lipinski definition) is 1. The van der Waals surface area contributed by atoms with E-state index in [-0.39, 0.29) is 11.8 Å². The van der Waals surface area contributed by atoms with E-state index in [1.54, 1.807) is 24.0 Å². The van der Waals surface area contributed by atoms with E-state index in [9.17, 15) is 9.59 Å². The first-order valence-electron chi connectivity index (χ1n) is 9.59. The normalized spacial score (nSPS) is 12.4. The molecule has 1 N–H and O–H groups in total. The van der Waals surface area contributed by atoms with E-state index in [0.717, 1.165) is 34.7 Å². The Hall–Kier alpha value is -3.60. The molecule has 0 fully saturated rings. The zero-order chi connectivity index (χ0) is 20.2. The third-order valence-electron chi connectivity index (χ3n) is 4.98. The van der Waals surface area contributed by atoms with Crippen molar-refractivity contribution >= 4 is 23.2 Å². The summed E-state index contributed by atoms with van der Waals surface area (Å²) >= 11 is 0. The average Bonchev–Trinajstić information content (AvgIpc) is 3.17. The lowest BCUT2D eigenvalue weighted by molar-refractivity contribution is -0.116. The van der Waals surface area contributed by atoms with Gasteiger partial charge >= 0.3 is 0 Å². The molecule has 1 aliphatic rings. The van der Waals surface area contributed by atoms with Gasteiger partial charge in [0, 0.05) is 30.4 Å². The molecule has 146 valence electrons. The van der Waals surface area contributed by atoms with Crippen LogP contribution in [0, 0.1) is 0 Å². The van der Waals surface area contributed by atoms with E-state index in [0.29, 0.717) is 18.7 Å². The molecule has 3 aromatic rings. The van der Waals surface area contributed by atoms with Gasteiger partial charge in [-0.05, 0) is 60.0 Å². The zero-order valence-corrected chi connectivity index (χ0v) is 16.2. The summed E-state index contributed by atoms with van der Waals surface area (Å²) in [6.07, 6.45) is 0.800. The van der Waals surface area contributed by atoms with Crippen molar-refractivity contribution in [3.05, 3.63) is 89.5 Å². The van der Waals surface area contributed by atoms with E-state index in [1.165, 1.54) is 0 Å². The minimum Gasteiger partial charge on any atom is -0.489 e. The summed E-state index contributed by atoms with van der Waals surface area (Å²) in [5.41, 5.74) is 4.31. The van der Waals surface area contributed by atoms with Crippen LogP contribution in [0.2, 0.25) is 0 Å². The van der Waals surface area contributed by atoms with Crippen LogP contribution in [0.25, 0.3) is 0 Å². The molecule has 0 bridgehead atoms. The van der Waals surface area contributed by atoms with Gasteiger partial charge in [0.25, 0.3) is 5.91 Å². The first-order valence-corrected chi connectivity index (χ1v) is 9.59. The van der Waals surface area contributed by atoms with Gasteiger partial charge in [0.05, 0.1) is 0 Å². The minimum absolute atomic E-state index is 0.0388. The van der Waals surface area contributed by atoms with Crippen molar-refractivity contribution in [1.82, 2.24) is 0 Å². The molecule has 1 aliphatic heterocycles. The van der Waals surface area contributed by atoms with Crippen molar-refractivity contribution in [3.8, 4) is 5.75 Å². The summed E-state index contributed by atoms with van der Waals surface area (Å²) in [4.78, 5) is 26.0. The van der Waals surface area contributed by atoms with Crippen LogP contribution < -0.4 is 15.0 Å². The van der Waals surface area contributed by atoms with Gasteiger partial charge in [0.15, 0.2) is 0 Å². The molecule has 0 aliphatic carbocycles. The highest BCUT2D eigenvalue weighted by Gasteiger charge is 2.22. The highest BCUT2D eigenvalue weighted by atomic mass is 16.5. The van der Waals surface area contributed by atoms with Gasteiger partial charge in [0.2, 0.25) is 5.91 Å². The third kappa shape index (κ3) is 4.29. The standard InChI is InChI=1S/C24H22N2O3/c1-17(27)26-14-13-20-15-21(11-12-23(20)26)25-24(28)19-9-7-18(8-10-19)16-29-22-5-3-2-4-6-22/h2-12,15H,13-14,16H2,1H3,(H,25,28). The molecule has 0 spiro atoms. The van der Waals surface area contributed by atoms with Gasteiger partial charge in [-0.25, -0.2) is 0 Å². The second-order valence-electron chi connectivity index (χ2n) is 7.02. The molecule has 5 nitrogen and oxygen atoms in total. The van der Waals surface area contributed by atoms with Crippen molar-refractivity contribution < 1.29 is 14.3 Å². The summed E-state index contributed by atoms with van der Waals surface area (Å²) < 4.78 is 5.73. The molecule has 3 aromatic carbocycles. The number of benzene rings is 3. The van der Waals surface area contributed by atoms with Gasteiger partial charge < -0.3 is 15.0 Å². The molecule has 5 heteroatoms. The Labute approximate surface area is 169 Å². The van der Waals surface area contributed by atoms with Gasteiger partial charge in [-0.3, -0.25) is 9.59 Å². The molecular weight excluding hydrogens is 364 g/mol. The summed E-state index contributed by atoms with van der Waals surface area (Å²) in [5, 5.41) is 2.94. The minimum atomic E-state index is -0.165. The van der Waals surface area contributed by atoms with Crippen molar-refractivity contribution in [2.75, 3.05) is 16.8 Å². The van der Waals surface area contributed by atoms with E-state index >= 15 is 0 Å². The van der Waals surface area contributed by atoms with Crippen molar-refractivity contribution in [2.24, 2.45) is 0 Å². The maximum atomic E-state index is 12.6. The third-order valence-corrected chi connectivity index (χ3v) is 4.98. The Kier molecular flexibility index (Phi) is 5.29. The summed E-state index contributed by atoms with van der Waals surface area (Å²) in [6, 6.07) is 22.7. The van der Waals surface area contributed by atoms with Crippen LogP contribution in [-0.4, -0.2) is 18.4 Å². The largest absolute Gasteiger partial charge is 0.489 e. The Balaban J connectivity index is 1.38. The number of carbonyl (C=O) groups is 2. The molecule has 0 saturated carbocycles. The maximum absolute atomic E-state index is 12.6. The number of rotatable bonds is 5. The number of carbonyl (C=O) groups excluding carboxylic acids is 2. The van der Waals surface area contributed by atoms with Crippen LogP contribution in [0.15, 0.2) is 72.8 Å². The van der Waals surface area contributed by atoms with E-state index in [1.807, 2.05) is 60.7 Å². The van der Waals surface area contributed by atoms with Gasteiger partial charge in [-0.2, -0.15) is 0 Å². The molecule has 0 radical (unpaired) electrons. The Morgan fingerprint density at radius 3 is 2.48 bits per heavy atom. The van der Waals surface area contributed by atoms with Crippen LogP contribution in [0.4, 0.5) is 11.4 Å².